The van der Waals surface area contributed by atoms with Gasteiger partial charge in [-0.2, -0.15) is 0 Å². The van der Waals surface area contributed by atoms with Crippen molar-refractivity contribution in [3.63, 3.8) is 0 Å². The highest BCUT2D eigenvalue weighted by Crippen LogP contribution is 2.35. The van der Waals surface area contributed by atoms with E-state index in [1.807, 2.05) is 41.1 Å². The van der Waals surface area contributed by atoms with Gasteiger partial charge >= 0.3 is 0 Å². The number of tetrazole rings is 1. The van der Waals surface area contributed by atoms with Crippen LogP contribution in [0.3, 0.4) is 0 Å². The largest absolute Gasteiger partial charge is 0.454 e. The molecule has 0 amide bonds. The van der Waals surface area contributed by atoms with Crippen LogP contribution in [0.2, 0.25) is 0 Å². The maximum atomic E-state index is 13.1. The van der Waals surface area contributed by atoms with E-state index in [2.05, 4.69) is 68.7 Å². The molecule has 0 saturated carbocycles. The number of rotatable bonds is 8. The van der Waals surface area contributed by atoms with Crippen LogP contribution in [0.15, 0.2) is 77.6 Å². The van der Waals surface area contributed by atoms with Gasteiger partial charge < -0.3 is 14.5 Å². The van der Waals surface area contributed by atoms with E-state index < -0.39 is 0 Å². The lowest BCUT2D eigenvalue weighted by Gasteiger charge is -2.22. The average molecular weight is 495 g/mol. The molecule has 0 bridgehead atoms. The molecule has 0 fully saturated rings. The zero-order valence-electron chi connectivity index (χ0n) is 20.4. The molecule has 9 heteroatoms. The van der Waals surface area contributed by atoms with Crippen LogP contribution in [0.25, 0.3) is 10.9 Å². The standard InChI is InChI=1S/C28H26N6O3/c1-19-7-9-21(10-8-19)14-33(17-27-30-31-32-34(27)15-20-5-3-2-4-6-20)16-23-11-22-12-25-26(37-18-36-25)13-24(22)29-28(23)35/h2-13H,14-18H2,1H3,(H,29,35). The van der Waals surface area contributed by atoms with Crippen molar-refractivity contribution >= 4 is 10.9 Å². The molecule has 186 valence electrons. The molecule has 37 heavy (non-hydrogen) atoms. The number of H-pyrrole nitrogens is 1. The molecule has 0 radical (unpaired) electrons. The summed E-state index contributed by atoms with van der Waals surface area (Å²) in [4.78, 5) is 18.3. The predicted molar refractivity (Wildman–Crippen MR) is 138 cm³/mol. The van der Waals surface area contributed by atoms with Crippen molar-refractivity contribution in [2.75, 3.05) is 6.79 Å². The molecule has 0 unspecified atom stereocenters. The Kier molecular flexibility index (Phi) is 6.11. The summed E-state index contributed by atoms with van der Waals surface area (Å²) in [5.74, 6) is 2.06. The van der Waals surface area contributed by atoms with Crippen LogP contribution in [-0.4, -0.2) is 36.9 Å². The summed E-state index contributed by atoms with van der Waals surface area (Å²) >= 11 is 0. The van der Waals surface area contributed by atoms with Gasteiger partial charge in [0.1, 0.15) is 0 Å². The van der Waals surface area contributed by atoms with Gasteiger partial charge in [-0.1, -0.05) is 60.2 Å². The first kappa shape index (κ1) is 22.9. The summed E-state index contributed by atoms with van der Waals surface area (Å²) in [6.45, 7) is 4.37. The normalized spacial score (nSPS) is 12.5. The van der Waals surface area contributed by atoms with E-state index >= 15 is 0 Å². The zero-order chi connectivity index (χ0) is 25.2. The van der Waals surface area contributed by atoms with E-state index in [9.17, 15) is 4.79 Å². The number of ether oxygens (including phenoxy) is 2. The molecule has 1 N–H and O–H groups in total. The summed E-state index contributed by atoms with van der Waals surface area (Å²) in [5, 5.41) is 13.3. The first-order valence-corrected chi connectivity index (χ1v) is 12.1. The number of fused-ring (bicyclic) bond motifs is 2. The molecule has 9 nitrogen and oxygen atoms in total. The number of hydrogen-bond donors (Lipinski definition) is 1. The number of nitrogens with one attached hydrogen (secondary N) is 1. The van der Waals surface area contributed by atoms with Gasteiger partial charge in [-0.05, 0) is 40.6 Å². The van der Waals surface area contributed by atoms with Crippen LogP contribution in [0, 0.1) is 6.92 Å². The molecule has 0 atom stereocenters. The van der Waals surface area contributed by atoms with Crippen LogP contribution in [0.1, 0.15) is 28.1 Å². The van der Waals surface area contributed by atoms with E-state index in [-0.39, 0.29) is 12.4 Å². The fourth-order valence-electron chi connectivity index (χ4n) is 4.53. The third-order valence-corrected chi connectivity index (χ3v) is 6.48. The van der Waals surface area contributed by atoms with Crippen molar-refractivity contribution in [3.05, 3.63) is 111 Å². The molecule has 2 aromatic heterocycles. The fraction of sp³-hybridized carbons (Fsp3) is 0.214. The Hall–Kier alpha value is -4.50. The van der Waals surface area contributed by atoms with Gasteiger partial charge in [0.05, 0.1) is 18.6 Å². The minimum absolute atomic E-state index is 0.135. The molecule has 3 heterocycles. The predicted octanol–water partition coefficient (Wildman–Crippen LogP) is 3.80. The average Bonchev–Trinajstić information content (AvgIpc) is 3.54. The Morgan fingerprint density at radius 2 is 1.70 bits per heavy atom. The van der Waals surface area contributed by atoms with Crippen LogP contribution in [0.4, 0.5) is 0 Å². The second-order valence-corrected chi connectivity index (χ2v) is 9.29. The monoisotopic (exact) mass is 494 g/mol. The van der Waals surface area contributed by atoms with E-state index in [1.54, 1.807) is 0 Å². The van der Waals surface area contributed by atoms with Crippen molar-refractivity contribution in [3.8, 4) is 11.5 Å². The first-order chi connectivity index (χ1) is 18.1. The Labute approximate surface area is 213 Å². The Morgan fingerprint density at radius 3 is 2.51 bits per heavy atom. The van der Waals surface area contributed by atoms with Gasteiger partial charge in [0.15, 0.2) is 17.3 Å². The van der Waals surface area contributed by atoms with Gasteiger partial charge in [0, 0.05) is 30.1 Å². The van der Waals surface area contributed by atoms with Crippen molar-refractivity contribution in [1.82, 2.24) is 30.1 Å². The van der Waals surface area contributed by atoms with Crippen molar-refractivity contribution in [2.24, 2.45) is 0 Å². The molecule has 3 aromatic carbocycles. The minimum atomic E-state index is -0.135. The number of benzene rings is 3. The van der Waals surface area contributed by atoms with Crippen molar-refractivity contribution < 1.29 is 9.47 Å². The van der Waals surface area contributed by atoms with Crippen molar-refractivity contribution in [1.29, 1.82) is 0 Å². The topological polar surface area (TPSA) is 98.2 Å². The molecule has 0 saturated heterocycles. The Morgan fingerprint density at radius 1 is 0.919 bits per heavy atom. The second-order valence-electron chi connectivity index (χ2n) is 9.29. The third-order valence-electron chi connectivity index (χ3n) is 6.48. The molecule has 0 spiro atoms. The van der Waals surface area contributed by atoms with Crippen LogP contribution in [0.5, 0.6) is 11.5 Å². The maximum Gasteiger partial charge on any atom is 0.252 e. The fourth-order valence-corrected chi connectivity index (χ4v) is 4.53. The minimum Gasteiger partial charge on any atom is -0.454 e. The summed E-state index contributed by atoms with van der Waals surface area (Å²) < 4.78 is 12.8. The van der Waals surface area contributed by atoms with Gasteiger partial charge in [0.2, 0.25) is 6.79 Å². The lowest BCUT2D eigenvalue weighted by atomic mass is 10.1. The number of nitrogens with zero attached hydrogens (tertiary/aromatic N) is 5. The first-order valence-electron chi connectivity index (χ1n) is 12.1. The summed E-state index contributed by atoms with van der Waals surface area (Å²) in [5.41, 5.74) is 4.70. The molecular formula is C28H26N6O3. The highest BCUT2D eigenvalue weighted by molar-refractivity contribution is 5.83. The van der Waals surface area contributed by atoms with Crippen LogP contribution < -0.4 is 15.0 Å². The Bertz CT molecular complexity index is 1590. The molecule has 1 aliphatic rings. The Balaban J connectivity index is 1.30. The maximum absolute atomic E-state index is 13.1. The summed E-state index contributed by atoms with van der Waals surface area (Å²) in [6, 6.07) is 24.1. The number of pyridine rings is 1. The van der Waals surface area contributed by atoms with Crippen molar-refractivity contribution in [2.45, 2.75) is 33.1 Å². The number of aryl methyl sites for hydroxylation is 1. The zero-order valence-corrected chi connectivity index (χ0v) is 20.4. The van der Waals surface area contributed by atoms with E-state index in [1.165, 1.54) is 5.56 Å². The number of aromatic amines is 1. The summed E-state index contributed by atoms with van der Waals surface area (Å²) in [7, 11) is 0. The molecule has 6 rings (SSSR count). The molecule has 5 aromatic rings. The van der Waals surface area contributed by atoms with Gasteiger partial charge in [0.25, 0.3) is 5.56 Å². The van der Waals surface area contributed by atoms with Gasteiger partial charge in [-0.3, -0.25) is 9.69 Å². The van der Waals surface area contributed by atoms with E-state index in [0.29, 0.717) is 43.2 Å². The van der Waals surface area contributed by atoms with E-state index in [4.69, 9.17) is 9.47 Å². The quantitative estimate of drug-likeness (QED) is 0.350. The lowest BCUT2D eigenvalue weighted by Crippen LogP contribution is -2.28. The van der Waals surface area contributed by atoms with E-state index in [0.717, 1.165) is 27.9 Å². The summed E-state index contributed by atoms with van der Waals surface area (Å²) in [6.07, 6.45) is 0. The SMILES string of the molecule is Cc1ccc(CN(Cc2cc3cc4c(cc3[nH]c2=O)OCO4)Cc2nnnn2Cc2ccccc2)cc1. The second kappa shape index (κ2) is 9.87. The highest BCUT2D eigenvalue weighted by atomic mass is 16.7. The van der Waals surface area contributed by atoms with Crippen LogP contribution >= 0.6 is 0 Å². The smallest absolute Gasteiger partial charge is 0.252 e. The third kappa shape index (κ3) is 5.07. The highest BCUT2D eigenvalue weighted by Gasteiger charge is 2.18. The molecule has 0 aliphatic carbocycles. The number of aromatic nitrogens is 5. The van der Waals surface area contributed by atoms with Gasteiger partial charge in [-0.25, -0.2) is 4.68 Å². The number of hydrogen-bond acceptors (Lipinski definition) is 7. The van der Waals surface area contributed by atoms with Gasteiger partial charge in [-0.15, -0.1) is 5.10 Å². The molecular weight excluding hydrogens is 468 g/mol. The molecule has 1 aliphatic heterocycles. The lowest BCUT2D eigenvalue weighted by molar-refractivity contribution is 0.174. The van der Waals surface area contributed by atoms with Crippen LogP contribution in [-0.2, 0) is 26.2 Å².